The molecule has 6 aliphatic rings. The van der Waals surface area contributed by atoms with E-state index in [1.54, 1.807) is 5.56 Å². The molecule has 1 aromatic carbocycles. The number of hydrogen-bond donors (Lipinski definition) is 0. The van der Waals surface area contributed by atoms with Crippen LogP contribution < -0.4 is 4.90 Å². The van der Waals surface area contributed by atoms with Crippen LogP contribution >= 0.6 is 0 Å². The summed E-state index contributed by atoms with van der Waals surface area (Å²) in [6.07, 6.45) is 20.0. The van der Waals surface area contributed by atoms with Gasteiger partial charge in [0.25, 0.3) is 0 Å². The van der Waals surface area contributed by atoms with Gasteiger partial charge in [0.15, 0.2) is 0 Å². The van der Waals surface area contributed by atoms with E-state index in [2.05, 4.69) is 57.1 Å². The Morgan fingerprint density at radius 1 is 0.838 bits per heavy atom. The molecule has 1 heterocycles. The Kier molecular flexibility index (Phi) is 5.93. The Morgan fingerprint density at radius 3 is 2.32 bits per heavy atom. The van der Waals surface area contributed by atoms with Crippen molar-refractivity contribution in [1.82, 2.24) is 0 Å². The maximum Gasteiger partial charge on any atom is 0.0688 e. The van der Waals surface area contributed by atoms with E-state index in [1.165, 1.54) is 95.6 Å². The van der Waals surface area contributed by atoms with Crippen molar-refractivity contribution in [3.05, 3.63) is 41.0 Å². The normalized spacial score (nSPS) is 42.5. The van der Waals surface area contributed by atoms with Gasteiger partial charge in [-0.2, -0.15) is 0 Å². The van der Waals surface area contributed by atoms with Gasteiger partial charge in [0.2, 0.25) is 0 Å². The number of ether oxygens (including phenoxy) is 1. The molecule has 0 N–H and O–H groups in total. The summed E-state index contributed by atoms with van der Waals surface area (Å²) < 4.78 is 6.58. The summed E-state index contributed by atoms with van der Waals surface area (Å²) in [6, 6.07) is 9.76. The third-order valence-corrected chi connectivity index (χ3v) is 13.1. The zero-order valence-corrected chi connectivity index (χ0v) is 24.2. The number of fused-ring (bicyclic) bond motifs is 4. The number of hydrogen-bond acceptors (Lipinski definition) is 2. The van der Waals surface area contributed by atoms with Gasteiger partial charge in [-0.15, -0.1) is 0 Å². The van der Waals surface area contributed by atoms with Gasteiger partial charge in [-0.05, 0) is 136 Å². The second-order valence-corrected chi connectivity index (χ2v) is 15.0. The van der Waals surface area contributed by atoms with Crippen LogP contribution in [0.5, 0.6) is 0 Å². The third-order valence-electron chi connectivity index (χ3n) is 13.1. The van der Waals surface area contributed by atoms with Gasteiger partial charge in [-0.1, -0.05) is 43.0 Å². The molecule has 1 saturated heterocycles. The molecular formula is C35H51NO. The third kappa shape index (κ3) is 3.81. The van der Waals surface area contributed by atoms with Gasteiger partial charge in [-0.25, -0.2) is 0 Å². The van der Waals surface area contributed by atoms with Gasteiger partial charge in [-0.3, -0.25) is 0 Å². The van der Waals surface area contributed by atoms with E-state index >= 15 is 0 Å². The van der Waals surface area contributed by atoms with Gasteiger partial charge in [0.1, 0.15) is 0 Å². The zero-order chi connectivity index (χ0) is 25.4. The Bertz CT molecular complexity index is 1040. The van der Waals surface area contributed by atoms with Crippen LogP contribution in [0.1, 0.15) is 115 Å². The second kappa shape index (κ2) is 8.87. The Balaban J connectivity index is 1.30. The first-order valence-corrected chi connectivity index (χ1v) is 16.0. The highest BCUT2D eigenvalue weighted by Gasteiger charge is 2.61. The van der Waals surface area contributed by atoms with E-state index < -0.39 is 0 Å². The van der Waals surface area contributed by atoms with Crippen LogP contribution in [0.2, 0.25) is 0 Å². The highest BCUT2D eigenvalue weighted by atomic mass is 16.5. The fourth-order valence-electron chi connectivity index (χ4n) is 11.4. The lowest BCUT2D eigenvalue weighted by molar-refractivity contribution is -0.0862. The van der Waals surface area contributed by atoms with Crippen LogP contribution in [0.25, 0.3) is 0 Å². The van der Waals surface area contributed by atoms with Crippen molar-refractivity contribution in [1.29, 1.82) is 0 Å². The molecule has 4 unspecified atom stereocenters. The van der Waals surface area contributed by atoms with Gasteiger partial charge < -0.3 is 9.64 Å². The van der Waals surface area contributed by atoms with E-state index in [0.29, 0.717) is 22.7 Å². The van der Waals surface area contributed by atoms with Crippen LogP contribution in [0.15, 0.2) is 35.4 Å². The molecule has 7 atom stereocenters. The molecule has 5 aliphatic carbocycles. The number of rotatable bonds is 3. The first-order chi connectivity index (χ1) is 17.8. The molecule has 7 rings (SSSR count). The first kappa shape index (κ1) is 24.7. The summed E-state index contributed by atoms with van der Waals surface area (Å²) >= 11 is 0. The largest absolute Gasteiger partial charge is 0.378 e. The highest BCUT2D eigenvalue weighted by Crippen LogP contribution is 2.69. The number of nitrogens with zero attached hydrogens (tertiary/aromatic N) is 1. The van der Waals surface area contributed by atoms with E-state index in [9.17, 15) is 0 Å². The number of allylic oxidation sites excluding steroid dienone is 2. The SMILES string of the molecule is CN(C)c1ccc([C@H]2C[C@@]3(C)C(CC[C@@H]3C3(C)CCCO3)C3CCC4CC5(CCCC5)CCC4=C32)cc1. The van der Waals surface area contributed by atoms with Crippen molar-refractivity contribution in [2.75, 3.05) is 25.6 Å². The molecule has 4 saturated carbocycles. The molecule has 2 nitrogen and oxygen atoms in total. The van der Waals surface area contributed by atoms with Crippen molar-refractivity contribution in [2.24, 2.45) is 34.5 Å². The molecular weight excluding hydrogens is 450 g/mol. The Labute approximate surface area is 226 Å². The van der Waals surface area contributed by atoms with E-state index in [-0.39, 0.29) is 5.60 Å². The molecule has 202 valence electrons. The molecule has 2 heteroatoms. The zero-order valence-electron chi connectivity index (χ0n) is 24.2. The smallest absolute Gasteiger partial charge is 0.0688 e. The predicted molar refractivity (Wildman–Crippen MR) is 154 cm³/mol. The van der Waals surface area contributed by atoms with Crippen LogP contribution in [-0.4, -0.2) is 26.3 Å². The Hall–Kier alpha value is -1.28. The van der Waals surface area contributed by atoms with Crippen LogP contribution in [0, 0.1) is 34.5 Å². The summed E-state index contributed by atoms with van der Waals surface area (Å²) in [4.78, 5) is 2.25. The summed E-state index contributed by atoms with van der Waals surface area (Å²) in [5, 5.41) is 0. The minimum absolute atomic E-state index is 0.102. The van der Waals surface area contributed by atoms with Crippen LogP contribution in [0.4, 0.5) is 5.69 Å². The molecule has 1 aliphatic heterocycles. The lowest BCUT2D eigenvalue weighted by Crippen LogP contribution is -2.49. The van der Waals surface area contributed by atoms with Crippen LogP contribution in [0.3, 0.4) is 0 Å². The first-order valence-electron chi connectivity index (χ1n) is 16.0. The van der Waals surface area contributed by atoms with Crippen LogP contribution in [-0.2, 0) is 4.74 Å². The number of benzene rings is 1. The van der Waals surface area contributed by atoms with E-state index in [1.807, 2.05) is 11.1 Å². The predicted octanol–water partition coefficient (Wildman–Crippen LogP) is 8.91. The standard InChI is InChI=1S/C35H51NO/c1-33-23-29(24-8-11-26(12-9-24)36(3)4)32-27-16-20-35(18-5-6-19-35)22-25(27)10-13-28(32)30(33)14-15-31(33)34(2)17-7-21-37-34/h8-9,11-12,25,28-31H,5-7,10,13-23H2,1-4H3/t25?,28?,29-,30?,31+,33+,34?/m1/s1. The molecule has 37 heavy (non-hydrogen) atoms. The van der Waals surface area contributed by atoms with Gasteiger partial charge in [0, 0.05) is 32.3 Å². The van der Waals surface area contributed by atoms with Crippen molar-refractivity contribution >= 4 is 5.69 Å². The fourth-order valence-corrected chi connectivity index (χ4v) is 11.4. The lowest BCUT2D eigenvalue weighted by Gasteiger charge is -2.56. The highest BCUT2D eigenvalue weighted by molar-refractivity contribution is 5.49. The summed E-state index contributed by atoms with van der Waals surface area (Å²) in [6.45, 7) is 6.17. The van der Waals surface area contributed by atoms with Gasteiger partial charge >= 0.3 is 0 Å². The number of anilines is 1. The maximum atomic E-state index is 6.58. The molecule has 0 aromatic heterocycles. The second-order valence-electron chi connectivity index (χ2n) is 15.0. The van der Waals surface area contributed by atoms with Crippen molar-refractivity contribution in [3.8, 4) is 0 Å². The van der Waals surface area contributed by atoms with Crippen molar-refractivity contribution in [2.45, 2.75) is 115 Å². The van der Waals surface area contributed by atoms with E-state index in [0.717, 1.165) is 24.4 Å². The van der Waals surface area contributed by atoms with Crippen molar-refractivity contribution < 1.29 is 4.74 Å². The quantitative estimate of drug-likeness (QED) is 0.383. The summed E-state index contributed by atoms with van der Waals surface area (Å²) in [5.41, 5.74) is 8.05. The summed E-state index contributed by atoms with van der Waals surface area (Å²) in [5.74, 6) is 3.90. The van der Waals surface area contributed by atoms with Crippen molar-refractivity contribution in [3.63, 3.8) is 0 Å². The minimum atomic E-state index is 0.102. The molecule has 0 radical (unpaired) electrons. The molecule has 5 fully saturated rings. The lowest BCUT2D eigenvalue weighted by atomic mass is 9.49. The minimum Gasteiger partial charge on any atom is -0.378 e. The van der Waals surface area contributed by atoms with Gasteiger partial charge in [0.05, 0.1) is 5.60 Å². The van der Waals surface area contributed by atoms with E-state index in [4.69, 9.17) is 4.74 Å². The molecule has 0 bridgehead atoms. The maximum absolute atomic E-state index is 6.58. The molecule has 1 aromatic rings. The summed E-state index contributed by atoms with van der Waals surface area (Å²) in [7, 11) is 4.33. The average molecular weight is 502 g/mol. The topological polar surface area (TPSA) is 12.5 Å². The monoisotopic (exact) mass is 501 g/mol. The molecule has 0 amide bonds. The average Bonchev–Trinajstić information content (AvgIpc) is 3.62. The Morgan fingerprint density at radius 2 is 1.62 bits per heavy atom. The molecule has 1 spiro atoms. The fraction of sp³-hybridized carbons (Fsp3) is 0.771.